The molecule has 88 valence electrons. The molecule has 0 radical (unpaired) electrons. The van der Waals surface area contributed by atoms with Crippen molar-refractivity contribution in [1.82, 2.24) is 0 Å². The standard InChI is InChI=1S/C15H10INO/c16-14-4-2-1-3-13(14)15(18)9-11-5-7-12(10-17)8-6-11/h1-8H,9H2. The summed E-state index contributed by atoms with van der Waals surface area (Å²) < 4.78 is 0.966. The Morgan fingerprint density at radius 2 is 1.78 bits per heavy atom. The average molecular weight is 347 g/mol. The van der Waals surface area contributed by atoms with Crippen molar-refractivity contribution in [3.63, 3.8) is 0 Å². The first kappa shape index (κ1) is 12.8. The lowest BCUT2D eigenvalue weighted by Gasteiger charge is -2.03. The molecule has 0 N–H and O–H groups in total. The molecule has 0 bridgehead atoms. The number of halogens is 1. The number of carbonyl (C=O) groups excluding carboxylic acids is 1. The number of benzene rings is 2. The number of hydrogen-bond acceptors (Lipinski definition) is 2. The van der Waals surface area contributed by atoms with Crippen LogP contribution in [-0.2, 0) is 6.42 Å². The molecule has 0 spiro atoms. The van der Waals surface area contributed by atoms with Gasteiger partial charge in [-0.3, -0.25) is 4.79 Å². The molecular formula is C15H10INO. The highest BCUT2D eigenvalue weighted by Gasteiger charge is 2.09. The maximum absolute atomic E-state index is 12.1. The van der Waals surface area contributed by atoms with Gasteiger partial charge in [-0.2, -0.15) is 5.26 Å². The number of hydrogen-bond donors (Lipinski definition) is 0. The summed E-state index contributed by atoms with van der Waals surface area (Å²) in [6.07, 6.45) is 0.367. The van der Waals surface area contributed by atoms with Crippen LogP contribution in [0.3, 0.4) is 0 Å². The maximum Gasteiger partial charge on any atom is 0.168 e. The van der Waals surface area contributed by atoms with E-state index in [1.54, 1.807) is 12.1 Å². The van der Waals surface area contributed by atoms with Crippen LogP contribution in [0.25, 0.3) is 0 Å². The molecule has 0 aromatic heterocycles. The zero-order valence-corrected chi connectivity index (χ0v) is 11.7. The zero-order chi connectivity index (χ0) is 13.0. The lowest BCUT2D eigenvalue weighted by atomic mass is 10.0. The van der Waals surface area contributed by atoms with Crippen molar-refractivity contribution in [2.75, 3.05) is 0 Å². The third-order valence-corrected chi connectivity index (χ3v) is 3.56. The molecular weight excluding hydrogens is 337 g/mol. The van der Waals surface area contributed by atoms with Crippen molar-refractivity contribution in [2.45, 2.75) is 6.42 Å². The molecule has 0 heterocycles. The van der Waals surface area contributed by atoms with E-state index in [4.69, 9.17) is 5.26 Å². The van der Waals surface area contributed by atoms with Crippen LogP contribution >= 0.6 is 22.6 Å². The topological polar surface area (TPSA) is 40.9 Å². The Balaban J connectivity index is 2.17. The number of Topliss-reactive ketones (excluding diaryl/α,β-unsaturated/α-hetero) is 1. The van der Waals surface area contributed by atoms with Gasteiger partial charge in [0.1, 0.15) is 0 Å². The van der Waals surface area contributed by atoms with Crippen LogP contribution in [-0.4, -0.2) is 5.78 Å². The number of rotatable bonds is 3. The van der Waals surface area contributed by atoms with Crippen molar-refractivity contribution >= 4 is 28.4 Å². The molecule has 2 aromatic rings. The second-order valence-corrected chi connectivity index (χ2v) is 5.05. The van der Waals surface area contributed by atoms with Gasteiger partial charge in [0.25, 0.3) is 0 Å². The Kier molecular flexibility index (Phi) is 4.11. The molecule has 0 aliphatic heterocycles. The Morgan fingerprint density at radius 1 is 1.11 bits per heavy atom. The van der Waals surface area contributed by atoms with Gasteiger partial charge >= 0.3 is 0 Å². The molecule has 0 saturated heterocycles. The average Bonchev–Trinajstić information content (AvgIpc) is 2.40. The molecule has 2 nitrogen and oxygen atoms in total. The highest BCUT2D eigenvalue weighted by Crippen LogP contribution is 2.15. The van der Waals surface area contributed by atoms with Crippen LogP contribution in [0.2, 0.25) is 0 Å². The molecule has 3 heteroatoms. The summed E-state index contributed by atoms with van der Waals surface area (Å²) in [5, 5.41) is 8.71. The predicted molar refractivity (Wildman–Crippen MR) is 78.4 cm³/mol. The minimum atomic E-state index is 0.102. The van der Waals surface area contributed by atoms with Crippen molar-refractivity contribution in [2.24, 2.45) is 0 Å². The smallest absolute Gasteiger partial charge is 0.168 e. The molecule has 0 fully saturated rings. The van der Waals surface area contributed by atoms with Crippen LogP contribution < -0.4 is 0 Å². The molecule has 0 aliphatic rings. The molecule has 0 unspecified atom stereocenters. The monoisotopic (exact) mass is 347 g/mol. The Morgan fingerprint density at radius 3 is 2.39 bits per heavy atom. The van der Waals surface area contributed by atoms with Gasteiger partial charge < -0.3 is 0 Å². The minimum Gasteiger partial charge on any atom is -0.294 e. The van der Waals surface area contributed by atoms with Gasteiger partial charge in [0.15, 0.2) is 5.78 Å². The third-order valence-electron chi connectivity index (χ3n) is 2.62. The number of nitriles is 1. The summed E-state index contributed by atoms with van der Waals surface area (Å²) in [6, 6.07) is 16.7. The van der Waals surface area contributed by atoms with Gasteiger partial charge in [0, 0.05) is 15.6 Å². The molecule has 0 atom stereocenters. The van der Waals surface area contributed by atoms with Crippen LogP contribution in [0.15, 0.2) is 48.5 Å². The molecule has 2 rings (SSSR count). The second-order valence-electron chi connectivity index (χ2n) is 3.89. The highest BCUT2D eigenvalue weighted by atomic mass is 127. The molecule has 0 aliphatic carbocycles. The van der Waals surface area contributed by atoms with Gasteiger partial charge in [-0.05, 0) is 46.4 Å². The van der Waals surface area contributed by atoms with Gasteiger partial charge in [-0.1, -0.05) is 30.3 Å². The first-order valence-electron chi connectivity index (χ1n) is 5.47. The van der Waals surface area contributed by atoms with Crippen molar-refractivity contribution in [1.29, 1.82) is 5.26 Å². The number of nitrogens with zero attached hydrogens (tertiary/aromatic N) is 1. The molecule has 0 saturated carbocycles. The summed E-state index contributed by atoms with van der Waals surface area (Å²) >= 11 is 2.17. The quantitative estimate of drug-likeness (QED) is 0.629. The van der Waals surface area contributed by atoms with Crippen LogP contribution in [0.4, 0.5) is 0 Å². The molecule has 0 amide bonds. The first-order chi connectivity index (χ1) is 8.70. The largest absolute Gasteiger partial charge is 0.294 e. The van der Waals surface area contributed by atoms with Gasteiger partial charge in [0.2, 0.25) is 0 Å². The fraction of sp³-hybridized carbons (Fsp3) is 0.0667. The van der Waals surface area contributed by atoms with E-state index in [0.29, 0.717) is 12.0 Å². The normalized spacial score (nSPS) is 9.78. The third kappa shape index (κ3) is 2.96. The Hall–Kier alpha value is -1.67. The number of carbonyl (C=O) groups is 1. The first-order valence-corrected chi connectivity index (χ1v) is 6.55. The van der Waals surface area contributed by atoms with E-state index in [0.717, 1.165) is 14.7 Å². The fourth-order valence-corrected chi connectivity index (χ4v) is 2.35. The summed E-state index contributed by atoms with van der Waals surface area (Å²) in [7, 11) is 0. The maximum atomic E-state index is 12.1. The van der Waals surface area contributed by atoms with Crippen molar-refractivity contribution in [3.05, 3.63) is 68.8 Å². The molecule has 2 aromatic carbocycles. The Labute approximate surface area is 119 Å². The van der Waals surface area contributed by atoms with Crippen molar-refractivity contribution in [3.8, 4) is 6.07 Å². The molecule has 18 heavy (non-hydrogen) atoms. The van der Waals surface area contributed by atoms with Crippen LogP contribution in [0.5, 0.6) is 0 Å². The van der Waals surface area contributed by atoms with E-state index >= 15 is 0 Å². The van der Waals surface area contributed by atoms with Crippen LogP contribution in [0.1, 0.15) is 21.5 Å². The summed E-state index contributed by atoms with van der Waals surface area (Å²) in [5.74, 6) is 0.102. The predicted octanol–water partition coefficient (Wildman–Crippen LogP) is 3.59. The Bertz CT molecular complexity index is 611. The van der Waals surface area contributed by atoms with Gasteiger partial charge in [-0.15, -0.1) is 0 Å². The van der Waals surface area contributed by atoms with E-state index in [-0.39, 0.29) is 5.78 Å². The minimum absolute atomic E-state index is 0.102. The summed E-state index contributed by atoms with van der Waals surface area (Å²) in [6.45, 7) is 0. The van der Waals surface area contributed by atoms with Gasteiger partial charge in [-0.25, -0.2) is 0 Å². The van der Waals surface area contributed by atoms with E-state index in [1.165, 1.54) is 0 Å². The second kappa shape index (κ2) is 5.78. The van der Waals surface area contributed by atoms with E-state index < -0.39 is 0 Å². The fourth-order valence-electron chi connectivity index (χ4n) is 1.67. The van der Waals surface area contributed by atoms with E-state index in [2.05, 4.69) is 28.7 Å². The van der Waals surface area contributed by atoms with Crippen LogP contribution in [0, 0.1) is 14.9 Å². The highest BCUT2D eigenvalue weighted by molar-refractivity contribution is 14.1. The summed E-state index contributed by atoms with van der Waals surface area (Å²) in [4.78, 5) is 12.1. The zero-order valence-electron chi connectivity index (χ0n) is 9.56. The lowest BCUT2D eigenvalue weighted by molar-refractivity contribution is 0.0992. The van der Waals surface area contributed by atoms with Crippen molar-refractivity contribution < 1.29 is 4.79 Å². The summed E-state index contributed by atoms with van der Waals surface area (Å²) in [5.41, 5.74) is 2.29. The number of ketones is 1. The van der Waals surface area contributed by atoms with Gasteiger partial charge in [0.05, 0.1) is 11.6 Å². The lowest BCUT2D eigenvalue weighted by Crippen LogP contribution is -2.05. The van der Waals surface area contributed by atoms with E-state index in [9.17, 15) is 4.79 Å². The SMILES string of the molecule is N#Cc1ccc(CC(=O)c2ccccc2I)cc1. The van der Waals surface area contributed by atoms with E-state index in [1.807, 2.05) is 36.4 Å².